The number of carbonyl (C=O) groups is 1. The van der Waals surface area contributed by atoms with Crippen LogP contribution in [0.15, 0.2) is 60.8 Å². The number of nitrogens with zero attached hydrogens (tertiary/aromatic N) is 2. The molecule has 5 nitrogen and oxygen atoms in total. The Morgan fingerprint density at radius 1 is 1.03 bits per heavy atom. The van der Waals surface area contributed by atoms with Crippen molar-refractivity contribution < 1.29 is 9.90 Å². The molecule has 1 fully saturated rings. The van der Waals surface area contributed by atoms with E-state index in [4.69, 9.17) is 23.2 Å². The molecule has 0 spiro atoms. The smallest absolute Gasteiger partial charge is 0.163 e. The van der Waals surface area contributed by atoms with Gasteiger partial charge in [0, 0.05) is 23.8 Å². The molecule has 0 atom stereocenters. The lowest BCUT2D eigenvalue weighted by atomic mass is 10.00. The molecule has 192 valence electrons. The molecule has 4 aromatic rings. The van der Waals surface area contributed by atoms with Crippen LogP contribution in [0, 0.1) is 0 Å². The van der Waals surface area contributed by atoms with Crippen LogP contribution < -0.4 is 5.32 Å². The minimum Gasteiger partial charge on any atom is -0.505 e. The highest BCUT2D eigenvalue weighted by molar-refractivity contribution is 6.37. The second-order valence-corrected chi connectivity index (χ2v) is 10.1. The van der Waals surface area contributed by atoms with Crippen LogP contribution in [0.1, 0.15) is 35.7 Å². The summed E-state index contributed by atoms with van der Waals surface area (Å²) in [5.41, 5.74) is 5.76. The Morgan fingerprint density at radius 2 is 1.76 bits per heavy atom. The number of benzene rings is 3. The third kappa shape index (κ3) is 6.02. The van der Waals surface area contributed by atoms with Crippen LogP contribution in [0.4, 0.5) is 11.4 Å². The van der Waals surface area contributed by atoms with Crippen molar-refractivity contribution in [2.75, 3.05) is 25.0 Å². The van der Waals surface area contributed by atoms with Gasteiger partial charge in [-0.2, -0.15) is 0 Å². The van der Waals surface area contributed by atoms with Crippen molar-refractivity contribution in [2.24, 2.45) is 0 Å². The van der Waals surface area contributed by atoms with Crippen LogP contribution in [0.5, 0.6) is 5.75 Å². The Labute approximate surface area is 232 Å². The number of phenolic OH excluding ortho intramolecular Hbond substituents is 1. The minimum absolute atomic E-state index is 0. The molecule has 0 unspecified atom stereocenters. The van der Waals surface area contributed by atoms with Gasteiger partial charge < -0.3 is 15.3 Å². The van der Waals surface area contributed by atoms with Crippen LogP contribution in [-0.2, 0) is 6.42 Å². The molecule has 2 N–H and O–H groups in total. The maximum atomic E-state index is 12.6. The van der Waals surface area contributed by atoms with E-state index in [9.17, 15) is 9.90 Å². The number of halogens is 3. The summed E-state index contributed by atoms with van der Waals surface area (Å²) < 4.78 is 0. The normalized spacial score (nSPS) is 13.5. The standard InChI is InChI=1S/C29H27Cl2N3O2.ClH/c1-18(35)24-17-32-27-8-7-20(21-15-25(30)29(36)26(31)16-21)14-23(27)28(24)33-22-6-4-5-19(13-22)9-12-34-10-2-3-11-34;/h4-8,13-17,36H,2-3,9-12H2,1H3,(H,32,33);1H. The maximum absolute atomic E-state index is 12.6. The molecular weight excluding hydrogens is 529 g/mol. The molecular formula is C29H28Cl3N3O2. The predicted octanol–water partition coefficient (Wildman–Crippen LogP) is 7.92. The molecule has 1 aliphatic rings. The van der Waals surface area contributed by atoms with Gasteiger partial charge in [0.15, 0.2) is 11.5 Å². The van der Waals surface area contributed by atoms with Gasteiger partial charge in [-0.1, -0.05) is 41.4 Å². The molecule has 5 rings (SSSR count). The first-order valence-electron chi connectivity index (χ1n) is 12.1. The Hall–Kier alpha value is -2.83. The SMILES string of the molecule is CC(=O)c1cnc2ccc(-c3cc(Cl)c(O)c(Cl)c3)cc2c1Nc1cccc(CCN2CCCC2)c1.Cl. The summed E-state index contributed by atoms with van der Waals surface area (Å²) in [7, 11) is 0. The zero-order chi connectivity index (χ0) is 25.2. The van der Waals surface area contributed by atoms with Crippen molar-refractivity contribution in [3.8, 4) is 16.9 Å². The second kappa shape index (κ2) is 11.7. The van der Waals surface area contributed by atoms with E-state index in [1.165, 1.54) is 31.5 Å². The van der Waals surface area contributed by atoms with Crippen molar-refractivity contribution in [3.05, 3.63) is 82.0 Å². The van der Waals surface area contributed by atoms with Gasteiger partial charge in [0.25, 0.3) is 0 Å². The van der Waals surface area contributed by atoms with Crippen molar-refractivity contribution >= 4 is 63.7 Å². The summed E-state index contributed by atoms with van der Waals surface area (Å²) in [6, 6.07) is 17.5. The number of fused-ring (bicyclic) bond motifs is 1. The highest BCUT2D eigenvalue weighted by atomic mass is 35.5. The number of anilines is 2. The molecule has 0 amide bonds. The Bertz CT molecular complexity index is 1430. The zero-order valence-corrected chi connectivity index (χ0v) is 22.8. The van der Waals surface area contributed by atoms with Gasteiger partial charge in [0.1, 0.15) is 0 Å². The number of aromatic hydroxyl groups is 1. The Morgan fingerprint density at radius 3 is 2.46 bits per heavy atom. The van der Waals surface area contributed by atoms with E-state index >= 15 is 0 Å². The van der Waals surface area contributed by atoms with E-state index < -0.39 is 0 Å². The lowest BCUT2D eigenvalue weighted by Crippen LogP contribution is -2.21. The summed E-state index contributed by atoms with van der Waals surface area (Å²) in [6.07, 6.45) is 5.18. The van der Waals surface area contributed by atoms with Gasteiger partial charge >= 0.3 is 0 Å². The van der Waals surface area contributed by atoms with E-state index in [0.29, 0.717) is 11.3 Å². The van der Waals surface area contributed by atoms with E-state index in [1.807, 2.05) is 30.3 Å². The van der Waals surface area contributed by atoms with Gasteiger partial charge in [-0.3, -0.25) is 9.78 Å². The van der Waals surface area contributed by atoms with E-state index in [-0.39, 0.29) is 34.0 Å². The van der Waals surface area contributed by atoms with E-state index in [1.54, 1.807) is 25.3 Å². The lowest BCUT2D eigenvalue weighted by Gasteiger charge is -2.17. The third-order valence-electron chi connectivity index (χ3n) is 6.71. The van der Waals surface area contributed by atoms with E-state index in [2.05, 4.69) is 27.3 Å². The van der Waals surface area contributed by atoms with Crippen LogP contribution in [0.2, 0.25) is 10.0 Å². The molecule has 2 heterocycles. The van der Waals surface area contributed by atoms with Gasteiger partial charge in [0.2, 0.25) is 0 Å². The summed E-state index contributed by atoms with van der Waals surface area (Å²) in [5.74, 6) is -0.214. The van der Waals surface area contributed by atoms with E-state index in [0.717, 1.165) is 40.7 Å². The average Bonchev–Trinajstić information content (AvgIpc) is 3.39. The van der Waals surface area contributed by atoms with Crippen LogP contribution >= 0.6 is 35.6 Å². The minimum atomic E-state index is -0.143. The van der Waals surface area contributed by atoms with Crippen molar-refractivity contribution in [3.63, 3.8) is 0 Å². The van der Waals surface area contributed by atoms with Gasteiger partial charge in [0.05, 0.1) is 26.8 Å². The molecule has 1 saturated heterocycles. The van der Waals surface area contributed by atoms with Gasteiger partial charge in [-0.05, 0) is 92.4 Å². The highest BCUT2D eigenvalue weighted by Crippen LogP contribution is 2.38. The maximum Gasteiger partial charge on any atom is 0.163 e. The molecule has 1 aromatic heterocycles. The number of likely N-dealkylation sites (tertiary alicyclic amines) is 1. The number of hydrogen-bond acceptors (Lipinski definition) is 5. The average molecular weight is 557 g/mol. The highest BCUT2D eigenvalue weighted by Gasteiger charge is 2.16. The van der Waals surface area contributed by atoms with Crippen LogP contribution in [0.3, 0.4) is 0 Å². The van der Waals surface area contributed by atoms with Gasteiger partial charge in [-0.25, -0.2) is 0 Å². The Balaban J connectivity index is 0.00000320. The van der Waals surface area contributed by atoms with Crippen molar-refractivity contribution in [1.29, 1.82) is 0 Å². The molecule has 0 saturated carbocycles. The fraction of sp³-hybridized carbons (Fsp3) is 0.241. The molecule has 0 bridgehead atoms. The summed E-state index contributed by atoms with van der Waals surface area (Å²) >= 11 is 12.3. The monoisotopic (exact) mass is 555 g/mol. The number of phenols is 1. The first kappa shape index (κ1) is 27.2. The zero-order valence-electron chi connectivity index (χ0n) is 20.4. The molecule has 8 heteroatoms. The summed E-state index contributed by atoms with van der Waals surface area (Å²) in [6.45, 7) is 4.97. The summed E-state index contributed by atoms with van der Waals surface area (Å²) in [4.78, 5) is 19.6. The number of pyridine rings is 1. The molecule has 0 radical (unpaired) electrons. The fourth-order valence-electron chi connectivity index (χ4n) is 4.75. The third-order valence-corrected chi connectivity index (χ3v) is 7.29. The van der Waals surface area contributed by atoms with Crippen molar-refractivity contribution in [2.45, 2.75) is 26.2 Å². The molecule has 3 aromatic carbocycles. The molecule has 0 aliphatic carbocycles. The fourth-order valence-corrected chi connectivity index (χ4v) is 5.24. The topological polar surface area (TPSA) is 65.5 Å². The van der Waals surface area contributed by atoms with Crippen molar-refractivity contribution in [1.82, 2.24) is 9.88 Å². The van der Waals surface area contributed by atoms with Crippen LogP contribution in [0.25, 0.3) is 22.0 Å². The summed E-state index contributed by atoms with van der Waals surface area (Å²) in [5, 5.41) is 14.6. The Kier molecular flexibility index (Phi) is 8.60. The largest absolute Gasteiger partial charge is 0.505 e. The first-order chi connectivity index (χ1) is 17.4. The molecule has 1 aliphatic heterocycles. The lowest BCUT2D eigenvalue weighted by molar-refractivity contribution is 0.101. The van der Waals surface area contributed by atoms with Crippen LogP contribution in [-0.4, -0.2) is 40.4 Å². The second-order valence-electron chi connectivity index (χ2n) is 9.25. The number of hydrogen-bond donors (Lipinski definition) is 2. The number of rotatable bonds is 7. The number of nitrogens with one attached hydrogen (secondary N) is 1. The predicted molar refractivity (Wildman–Crippen MR) is 155 cm³/mol. The van der Waals surface area contributed by atoms with Gasteiger partial charge in [-0.15, -0.1) is 12.4 Å². The number of carbonyl (C=O) groups excluding carboxylic acids is 1. The number of ketones is 1. The number of aromatic nitrogens is 1. The first-order valence-corrected chi connectivity index (χ1v) is 12.8. The quantitative estimate of drug-likeness (QED) is 0.226. The molecule has 37 heavy (non-hydrogen) atoms. The number of Topliss-reactive ketones (excluding diaryl/α,β-unsaturated/α-hetero) is 1.